The van der Waals surface area contributed by atoms with E-state index in [-0.39, 0.29) is 5.78 Å². The van der Waals surface area contributed by atoms with Gasteiger partial charge in [0.15, 0.2) is 0 Å². The van der Waals surface area contributed by atoms with Gasteiger partial charge >= 0.3 is 0 Å². The summed E-state index contributed by atoms with van der Waals surface area (Å²) in [7, 11) is 1.64. The second-order valence-electron chi connectivity index (χ2n) is 6.36. The van der Waals surface area contributed by atoms with Crippen LogP contribution in [0.15, 0.2) is 60.0 Å². The van der Waals surface area contributed by atoms with Crippen molar-refractivity contribution in [2.45, 2.75) is 13.5 Å². The molecule has 4 aromatic rings. The van der Waals surface area contributed by atoms with Gasteiger partial charge < -0.3 is 9.30 Å². The van der Waals surface area contributed by atoms with Crippen LogP contribution in [0.25, 0.3) is 10.9 Å². The second kappa shape index (κ2) is 7.22. The quantitative estimate of drug-likeness (QED) is 0.391. The number of hydrogen-bond acceptors (Lipinski definition) is 3. The zero-order valence-corrected chi connectivity index (χ0v) is 16.6. The molecule has 136 valence electrons. The number of halogens is 1. The first-order valence-electron chi connectivity index (χ1n) is 8.58. The van der Waals surface area contributed by atoms with E-state index in [9.17, 15) is 4.79 Å². The van der Waals surface area contributed by atoms with Crippen molar-refractivity contribution in [1.29, 1.82) is 0 Å². The van der Waals surface area contributed by atoms with Gasteiger partial charge in [0.25, 0.3) is 0 Å². The van der Waals surface area contributed by atoms with E-state index in [1.807, 2.05) is 66.9 Å². The third kappa shape index (κ3) is 3.27. The summed E-state index contributed by atoms with van der Waals surface area (Å²) in [6, 6.07) is 17.5. The molecular weight excluding hydrogens is 378 g/mol. The summed E-state index contributed by atoms with van der Waals surface area (Å²) >= 11 is 7.48. The molecule has 0 radical (unpaired) electrons. The molecule has 0 N–H and O–H groups in total. The lowest BCUT2D eigenvalue weighted by atomic mass is 10.1. The molecule has 5 heteroatoms. The first-order valence-corrected chi connectivity index (χ1v) is 9.83. The molecule has 3 nitrogen and oxygen atoms in total. The van der Waals surface area contributed by atoms with Crippen LogP contribution in [0.1, 0.15) is 26.5 Å². The standard InChI is InChI=1S/C22H18ClNO2S/c1-14-21(22(25)20-4-3-11-27-20)18-12-17(26-2)9-10-19(18)24(14)13-15-5-7-16(23)8-6-15/h3-12H,13H2,1-2H3. The molecule has 0 amide bonds. The fourth-order valence-corrected chi connectivity index (χ4v) is 4.18. The van der Waals surface area contributed by atoms with Crippen molar-refractivity contribution >= 4 is 39.6 Å². The van der Waals surface area contributed by atoms with Crippen LogP contribution in [0.2, 0.25) is 5.02 Å². The van der Waals surface area contributed by atoms with Crippen LogP contribution in [0, 0.1) is 6.92 Å². The lowest BCUT2D eigenvalue weighted by molar-refractivity contribution is 0.104. The molecule has 0 saturated carbocycles. The smallest absolute Gasteiger partial charge is 0.205 e. The SMILES string of the molecule is COc1ccc2c(c1)c(C(=O)c1cccs1)c(C)n2Cc1ccc(Cl)cc1. The van der Waals surface area contributed by atoms with Crippen LogP contribution in [0.5, 0.6) is 5.75 Å². The average Bonchev–Trinajstić information content (AvgIpc) is 3.30. The minimum atomic E-state index is 0.0515. The predicted octanol–water partition coefficient (Wildman–Crippen LogP) is 5.95. The normalized spacial score (nSPS) is 11.1. The summed E-state index contributed by atoms with van der Waals surface area (Å²) in [6.07, 6.45) is 0. The molecule has 0 atom stereocenters. The minimum absolute atomic E-state index is 0.0515. The van der Waals surface area contributed by atoms with E-state index < -0.39 is 0 Å². The molecule has 0 aliphatic carbocycles. The molecule has 0 fully saturated rings. The lowest BCUT2D eigenvalue weighted by Gasteiger charge is -2.09. The maximum absolute atomic E-state index is 13.2. The number of nitrogens with zero attached hydrogens (tertiary/aromatic N) is 1. The highest BCUT2D eigenvalue weighted by atomic mass is 35.5. The van der Waals surface area contributed by atoms with Gasteiger partial charge in [0.05, 0.1) is 17.6 Å². The Balaban J connectivity index is 1.90. The summed E-state index contributed by atoms with van der Waals surface area (Å²) < 4.78 is 7.58. The van der Waals surface area contributed by atoms with Gasteiger partial charge in [-0.2, -0.15) is 0 Å². The molecule has 4 rings (SSSR count). The number of carbonyl (C=O) groups is 1. The Hall–Kier alpha value is -2.56. The van der Waals surface area contributed by atoms with Gasteiger partial charge in [-0.1, -0.05) is 29.8 Å². The van der Waals surface area contributed by atoms with Crippen LogP contribution < -0.4 is 4.74 Å². The lowest BCUT2D eigenvalue weighted by Crippen LogP contribution is -2.05. The van der Waals surface area contributed by atoms with E-state index >= 15 is 0 Å². The van der Waals surface area contributed by atoms with Gasteiger partial charge in [0, 0.05) is 28.2 Å². The minimum Gasteiger partial charge on any atom is -0.497 e. The highest BCUT2D eigenvalue weighted by Gasteiger charge is 2.22. The number of carbonyl (C=O) groups excluding carboxylic acids is 1. The van der Waals surface area contributed by atoms with Crippen molar-refractivity contribution in [3.8, 4) is 5.75 Å². The van der Waals surface area contributed by atoms with Crippen LogP contribution in [0.3, 0.4) is 0 Å². The molecule has 0 aliphatic rings. The topological polar surface area (TPSA) is 31.2 Å². The first kappa shape index (κ1) is 17.8. The highest BCUT2D eigenvalue weighted by Crippen LogP contribution is 2.32. The Morgan fingerprint density at radius 2 is 1.93 bits per heavy atom. The third-order valence-corrected chi connectivity index (χ3v) is 5.88. The van der Waals surface area contributed by atoms with Crippen molar-refractivity contribution in [2.75, 3.05) is 7.11 Å². The predicted molar refractivity (Wildman–Crippen MR) is 112 cm³/mol. The van der Waals surface area contributed by atoms with E-state index in [4.69, 9.17) is 16.3 Å². The molecule has 0 spiro atoms. The third-order valence-electron chi connectivity index (χ3n) is 4.76. The van der Waals surface area contributed by atoms with Gasteiger partial charge in [-0.15, -0.1) is 11.3 Å². The van der Waals surface area contributed by atoms with Crippen LogP contribution in [-0.4, -0.2) is 17.5 Å². The monoisotopic (exact) mass is 395 g/mol. The number of benzene rings is 2. The Kier molecular flexibility index (Phi) is 4.77. The molecular formula is C22H18ClNO2S. The molecule has 2 heterocycles. The van der Waals surface area contributed by atoms with E-state index in [2.05, 4.69) is 4.57 Å². The summed E-state index contributed by atoms with van der Waals surface area (Å²) in [6.45, 7) is 2.67. The number of fused-ring (bicyclic) bond motifs is 1. The molecule has 0 unspecified atom stereocenters. The van der Waals surface area contributed by atoms with Crippen molar-refractivity contribution in [1.82, 2.24) is 4.57 Å². The Bertz CT molecular complexity index is 1110. The van der Waals surface area contributed by atoms with Crippen molar-refractivity contribution in [3.05, 3.63) is 86.7 Å². The average molecular weight is 396 g/mol. The van der Waals surface area contributed by atoms with Crippen molar-refractivity contribution in [3.63, 3.8) is 0 Å². The maximum Gasteiger partial charge on any atom is 0.205 e. The zero-order chi connectivity index (χ0) is 19.0. The Morgan fingerprint density at radius 1 is 1.15 bits per heavy atom. The van der Waals surface area contributed by atoms with Gasteiger partial charge in [-0.05, 0) is 54.3 Å². The molecule has 0 saturated heterocycles. The van der Waals surface area contributed by atoms with E-state index in [0.717, 1.165) is 38.4 Å². The molecule has 27 heavy (non-hydrogen) atoms. The van der Waals surface area contributed by atoms with Gasteiger partial charge in [-0.3, -0.25) is 4.79 Å². The second-order valence-corrected chi connectivity index (χ2v) is 7.75. The number of rotatable bonds is 5. The highest BCUT2D eigenvalue weighted by molar-refractivity contribution is 7.12. The summed E-state index contributed by atoms with van der Waals surface area (Å²) in [4.78, 5) is 13.9. The number of aromatic nitrogens is 1. The van der Waals surface area contributed by atoms with E-state index in [0.29, 0.717) is 11.6 Å². The summed E-state index contributed by atoms with van der Waals surface area (Å²) in [5.41, 5.74) is 3.83. The Labute approximate surface area is 166 Å². The molecule has 2 aromatic heterocycles. The number of ether oxygens (including phenoxy) is 1. The van der Waals surface area contributed by atoms with Gasteiger partial charge in [-0.25, -0.2) is 0 Å². The largest absolute Gasteiger partial charge is 0.497 e. The van der Waals surface area contributed by atoms with Crippen LogP contribution in [-0.2, 0) is 6.54 Å². The van der Waals surface area contributed by atoms with Gasteiger partial charge in [0.1, 0.15) is 5.75 Å². The van der Waals surface area contributed by atoms with Crippen molar-refractivity contribution < 1.29 is 9.53 Å². The maximum atomic E-state index is 13.2. The number of ketones is 1. The zero-order valence-electron chi connectivity index (χ0n) is 15.0. The molecule has 2 aromatic carbocycles. The van der Waals surface area contributed by atoms with Crippen LogP contribution in [0.4, 0.5) is 0 Å². The fraction of sp³-hybridized carbons (Fsp3) is 0.136. The number of methoxy groups -OCH3 is 1. The summed E-state index contributed by atoms with van der Waals surface area (Å²) in [5.74, 6) is 0.794. The van der Waals surface area contributed by atoms with E-state index in [1.54, 1.807) is 7.11 Å². The summed E-state index contributed by atoms with van der Waals surface area (Å²) in [5, 5.41) is 3.56. The molecule has 0 bridgehead atoms. The molecule has 0 aliphatic heterocycles. The van der Waals surface area contributed by atoms with Gasteiger partial charge in [0.2, 0.25) is 5.78 Å². The van der Waals surface area contributed by atoms with Crippen molar-refractivity contribution in [2.24, 2.45) is 0 Å². The number of hydrogen-bond donors (Lipinski definition) is 0. The Morgan fingerprint density at radius 3 is 2.59 bits per heavy atom. The van der Waals surface area contributed by atoms with Crippen LogP contribution >= 0.6 is 22.9 Å². The fourth-order valence-electron chi connectivity index (χ4n) is 3.38. The number of thiophene rings is 1. The van der Waals surface area contributed by atoms with E-state index in [1.165, 1.54) is 11.3 Å². The first-order chi connectivity index (χ1) is 13.1.